The van der Waals surface area contributed by atoms with Gasteiger partial charge in [-0.1, -0.05) is 0 Å². The van der Waals surface area contributed by atoms with Crippen LogP contribution in [0.4, 0.5) is 11.4 Å². The first kappa shape index (κ1) is 15.0. The van der Waals surface area contributed by atoms with Gasteiger partial charge in [-0.2, -0.15) is 10.3 Å². The highest BCUT2D eigenvalue weighted by molar-refractivity contribution is 5.95. The first-order chi connectivity index (χ1) is 10.5. The number of aromatic nitrogens is 3. The van der Waals surface area contributed by atoms with Gasteiger partial charge in [0.1, 0.15) is 5.69 Å². The van der Waals surface area contributed by atoms with Gasteiger partial charge in [-0.15, -0.1) is 5.10 Å². The molecule has 1 aromatic carbocycles. The SMILES string of the molecule is CCOC(=O)c1n[nH]nc1-c1ccc([N+](=O)[O-])cc1[N+](=O)[O-]. The van der Waals surface area contributed by atoms with E-state index in [-0.39, 0.29) is 23.6 Å². The molecule has 0 aliphatic heterocycles. The summed E-state index contributed by atoms with van der Waals surface area (Å²) in [4.78, 5) is 32.0. The number of nitrogens with one attached hydrogen (secondary N) is 1. The number of non-ortho nitro benzene ring substituents is 1. The van der Waals surface area contributed by atoms with Crippen molar-refractivity contribution in [1.29, 1.82) is 0 Å². The topological polar surface area (TPSA) is 154 Å². The van der Waals surface area contributed by atoms with Gasteiger partial charge in [0.15, 0.2) is 5.69 Å². The summed E-state index contributed by atoms with van der Waals surface area (Å²) < 4.78 is 4.77. The summed E-state index contributed by atoms with van der Waals surface area (Å²) >= 11 is 0. The van der Waals surface area contributed by atoms with Gasteiger partial charge in [-0.25, -0.2) is 4.79 Å². The van der Waals surface area contributed by atoms with E-state index in [1.807, 2.05) is 0 Å². The molecule has 0 spiro atoms. The van der Waals surface area contributed by atoms with Gasteiger partial charge in [0, 0.05) is 6.07 Å². The van der Waals surface area contributed by atoms with Gasteiger partial charge in [0.2, 0.25) is 0 Å². The fraction of sp³-hybridized carbons (Fsp3) is 0.182. The number of nitro benzene ring substituents is 2. The van der Waals surface area contributed by atoms with E-state index in [2.05, 4.69) is 15.4 Å². The van der Waals surface area contributed by atoms with Crippen molar-refractivity contribution in [3.05, 3.63) is 44.1 Å². The normalized spacial score (nSPS) is 10.2. The van der Waals surface area contributed by atoms with E-state index < -0.39 is 27.2 Å². The van der Waals surface area contributed by atoms with Crippen LogP contribution in [-0.4, -0.2) is 37.8 Å². The van der Waals surface area contributed by atoms with Crippen LogP contribution >= 0.6 is 0 Å². The molecule has 0 bridgehead atoms. The molecule has 0 saturated carbocycles. The molecule has 1 heterocycles. The summed E-state index contributed by atoms with van der Waals surface area (Å²) in [5, 5.41) is 31.3. The third kappa shape index (κ3) is 2.72. The van der Waals surface area contributed by atoms with Crippen LogP contribution in [0.15, 0.2) is 18.2 Å². The second-order valence-corrected chi connectivity index (χ2v) is 3.96. The van der Waals surface area contributed by atoms with E-state index in [9.17, 15) is 25.0 Å². The molecule has 0 radical (unpaired) electrons. The first-order valence-electron chi connectivity index (χ1n) is 5.96. The zero-order chi connectivity index (χ0) is 16.3. The quantitative estimate of drug-likeness (QED) is 0.494. The molecule has 0 saturated heterocycles. The average Bonchev–Trinajstić information content (AvgIpc) is 2.96. The number of rotatable bonds is 5. The summed E-state index contributed by atoms with van der Waals surface area (Å²) in [6.07, 6.45) is 0. The molecule has 114 valence electrons. The number of hydrogen-bond donors (Lipinski definition) is 1. The van der Waals surface area contributed by atoms with E-state index in [0.717, 1.165) is 18.2 Å². The van der Waals surface area contributed by atoms with E-state index >= 15 is 0 Å². The van der Waals surface area contributed by atoms with Crippen LogP contribution in [0.5, 0.6) is 0 Å². The van der Waals surface area contributed by atoms with Crippen LogP contribution in [0.25, 0.3) is 11.3 Å². The van der Waals surface area contributed by atoms with Crippen molar-refractivity contribution in [2.75, 3.05) is 6.61 Å². The summed E-state index contributed by atoms with van der Waals surface area (Å²) in [7, 11) is 0. The summed E-state index contributed by atoms with van der Waals surface area (Å²) in [5.74, 6) is -0.807. The molecule has 2 rings (SSSR count). The van der Waals surface area contributed by atoms with Gasteiger partial charge in [0.25, 0.3) is 11.4 Å². The lowest BCUT2D eigenvalue weighted by Gasteiger charge is -2.02. The predicted octanol–water partition coefficient (Wildman–Crippen LogP) is 1.46. The Kier molecular flexibility index (Phi) is 4.06. The molecule has 0 aliphatic carbocycles. The largest absolute Gasteiger partial charge is 0.461 e. The molecule has 1 aromatic heterocycles. The Balaban J connectivity index is 2.58. The summed E-state index contributed by atoms with van der Waals surface area (Å²) in [5.41, 5.74) is -1.43. The molecule has 2 aromatic rings. The first-order valence-corrected chi connectivity index (χ1v) is 5.96. The average molecular weight is 307 g/mol. The van der Waals surface area contributed by atoms with Crippen LogP contribution in [0, 0.1) is 20.2 Å². The van der Waals surface area contributed by atoms with Gasteiger partial charge < -0.3 is 4.74 Å². The smallest absolute Gasteiger partial charge is 0.361 e. The fourth-order valence-electron chi connectivity index (χ4n) is 1.75. The predicted molar refractivity (Wildman–Crippen MR) is 71.1 cm³/mol. The molecular weight excluding hydrogens is 298 g/mol. The molecule has 0 atom stereocenters. The highest BCUT2D eigenvalue weighted by Gasteiger charge is 2.27. The molecular formula is C11H9N5O6. The van der Waals surface area contributed by atoms with E-state index in [4.69, 9.17) is 4.74 Å². The van der Waals surface area contributed by atoms with Crippen molar-refractivity contribution in [2.45, 2.75) is 6.92 Å². The van der Waals surface area contributed by atoms with Gasteiger partial charge in [-0.3, -0.25) is 20.2 Å². The monoisotopic (exact) mass is 307 g/mol. The minimum Gasteiger partial charge on any atom is -0.461 e. The molecule has 0 fully saturated rings. The lowest BCUT2D eigenvalue weighted by Crippen LogP contribution is -2.07. The number of aromatic amines is 1. The van der Waals surface area contributed by atoms with Crippen LogP contribution in [-0.2, 0) is 4.74 Å². The number of H-pyrrole nitrogens is 1. The van der Waals surface area contributed by atoms with Crippen LogP contribution in [0.1, 0.15) is 17.4 Å². The van der Waals surface area contributed by atoms with Gasteiger partial charge in [-0.05, 0) is 13.0 Å². The summed E-state index contributed by atoms with van der Waals surface area (Å²) in [6.45, 7) is 1.68. The van der Waals surface area contributed by atoms with Crippen LogP contribution < -0.4 is 0 Å². The highest BCUT2D eigenvalue weighted by atomic mass is 16.6. The van der Waals surface area contributed by atoms with Gasteiger partial charge in [0.05, 0.1) is 28.1 Å². The molecule has 0 amide bonds. The molecule has 0 aliphatic rings. The second kappa shape index (κ2) is 5.95. The fourth-order valence-corrected chi connectivity index (χ4v) is 1.75. The van der Waals surface area contributed by atoms with E-state index in [1.54, 1.807) is 6.92 Å². The summed E-state index contributed by atoms with van der Waals surface area (Å²) in [6, 6.07) is 3.00. The lowest BCUT2D eigenvalue weighted by molar-refractivity contribution is -0.393. The van der Waals surface area contributed by atoms with E-state index in [0.29, 0.717) is 0 Å². The Hall–Kier alpha value is -3.37. The Morgan fingerprint density at radius 2 is 2.00 bits per heavy atom. The third-order valence-corrected chi connectivity index (χ3v) is 2.66. The van der Waals surface area contributed by atoms with Crippen molar-refractivity contribution in [3.8, 4) is 11.3 Å². The minimum absolute atomic E-state index is 0.0765. The molecule has 0 unspecified atom stereocenters. The van der Waals surface area contributed by atoms with Crippen LogP contribution in [0.3, 0.4) is 0 Å². The maximum Gasteiger partial charge on any atom is 0.361 e. The van der Waals surface area contributed by atoms with Crippen molar-refractivity contribution in [3.63, 3.8) is 0 Å². The Labute approximate surface area is 122 Å². The molecule has 22 heavy (non-hydrogen) atoms. The number of hydrogen-bond acceptors (Lipinski definition) is 8. The zero-order valence-electron chi connectivity index (χ0n) is 11.2. The van der Waals surface area contributed by atoms with Gasteiger partial charge >= 0.3 is 5.97 Å². The van der Waals surface area contributed by atoms with Crippen LogP contribution in [0.2, 0.25) is 0 Å². The number of carbonyl (C=O) groups excluding carboxylic acids is 1. The maximum atomic E-state index is 11.7. The van der Waals surface area contributed by atoms with Crippen molar-refractivity contribution in [1.82, 2.24) is 15.4 Å². The Morgan fingerprint density at radius 3 is 2.59 bits per heavy atom. The Bertz CT molecular complexity index is 755. The number of ether oxygens (including phenoxy) is 1. The van der Waals surface area contributed by atoms with E-state index in [1.165, 1.54) is 0 Å². The lowest BCUT2D eigenvalue weighted by atomic mass is 10.1. The van der Waals surface area contributed by atoms with Crippen molar-refractivity contribution < 1.29 is 19.4 Å². The molecule has 11 heteroatoms. The number of esters is 1. The number of nitro groups is 2. The Morgan fingerprint density at radius 1 is 1.27 bits per heavy atom. The molecule has 1 N–H and O–H groups in total. The second-order valence-electron chi connectivity index (χ2n) is 3.96. The third-order valence-electron chi connectivity index (χ3n) is 2.66. The minimum atomic E-state index is -0.807. The highest BCUT2D eigenvalue weighted by Crippen LogP contribution is 2.33. The number of benzene rings is 1. The standard InChI is InChI=1S/C11H9N5O6/c1-2-22-11(17)10-9(12-14-13-10)7-4-3-6(15(18)19)5-8(7)16(20)21/h3-5H,2H2,1H3,(H,12,13,14). The maximum absolute atomic E-state index is 11.7. The molecule has 11 nitrogen and oxygen atoms in total. The van der Waals surface area contributed by atoms with Crippen molar-refractivity contribution >= 4 is 17.3 Å². The van der Waals surface area contributed by atoms with Crippen molar-refractivity contribution in [2.24, 2.45) is 0 Å². The number of carbonyl (C=O) groups is 1. The number of nitrogens with zero attached hydrogens (tertiary/aromatic N) is 4. The zero-order valence-corrected chi connectivity index (χ0v) is 11.2.